The lowest BCUT2D eigenvalue weighted by molar-refractivity contribution is -0.150. The van der Waals surface area contributed by atoms with E-state index in [-0.39, 0.29) is 11.0 Å². The molecule has 0 aromatic heterocycles. The smallest absolute Gasteiger partial charge is 0.330 e. The number of aliphatic carboxylic acids is 1. The van der Waals surface area contributed by atoms with Crippen LogP contribution in [0, 0.1) is 17.3 Å². The average Bonchev–Trinajstić information content (AvgIpc) is 2.21. The van der Waals surface area contributed by atoms with Crippen molar-refractivity contribution < 1.29 is 22.5 Å². The van der Waals surface area contributed by atoms with Crippen molar-refractivity contribution >= 4 is 16.1 Å². The lowest BCUT2D eigenvalue weighted by Crippen LogP contribution is -2.57. The maximum Gasteiger partial charge on any atom is 0.330 e. The van der Waals surface area contributed by atoms with Crippen molar-refractivity contribution in [2.45, 2.75) is 50.5 Å². The van der Waals surface area contributed by atoms with Crippen LogP contribution in [0.15, 0.2) is 12.2 Å². The second kappa shape index (κ2) is 4.56. The third-order valence-electron chi connectivity index (χ3n) is 5.35. The molecule has 0 heterocycles. The van der Waals surface area contributed by atoms with Gasteiger partial charge in [0.05, 0.1) is 11.9 Å². The molecule has 4 fully saturated rings. The van der Waals surface area contributed by atoms with E-state index in [1.807, 2.05) is 0 Å². The van der Waals surface area contributed by atoms with Gasteiger partial charge in [0.1, 0.15) is 0 Å². The van der Waals surface area contributed by atoms with Crippen molar-refractivity contribution in [3.05, 3.63) is 12.2 Å². The molecule has 5 nitrogen and oxygen atoms in total. The molecule has 1 N–H and O–H groups in total. The van der Waals surface area contributed by atoms with Crippen LogP contribution in [0.1, 0.15) is 44.9 Å². The fraction of sp³-hybridized carbons (Fsp3) is 0.800. The largest absolute Gasteiger partial charge is 0.478 e. The first kappa shape index (κ1) is 15.0. The van der Waals surface area contributed by atoms with Crippen LogP contribution in [-0.2, 0) is 19.1 Å². The second-order valence-electron chi connectivity index (χ2n) is 7.52. The van der Waals surface area contributed by atoms with E-state index in [1.165, 1.54) is 0 Å². The van der Waals surface area contributed by atoms with Crippen LogP contribution < -0.4 is 0 Å². The van der Waals surface area contributed by atoms with Crippen LogP contribution in [-0.4, -0.2) is 31.4 Å². The third-order valence-corrected chi connectivity index (χ3v) is 6.00. The Balaban J connectivity index is 1.88. The van der Waals surface area contributed by atoms with Crippen molar-refractivity contribution in [3.8, 4) is 0 Å². The number of hydrogen-bond donors (Lipinski definition) is 1. The van der Waals surface area contributed by atoms with Crippen LogP contribution >= 0.6 is 0 Å². The Hall–Kier alpha value is -0.880. The van der Waals surface area contributed by atoms with E-state index in [0.29, 0.717) is 24.7 Å². The zero-order valence-electron chi connectivity index (χ0n) is 12.3. The average molecular weight is 314 g/mol. The molecule has 4 aliphatic rings. The summed E-state index contributed by atoms with van der Waals surface area (Å²) in [5.41, 5.74) is -0.507. The lowest BCUT2D eigenvalue weighted by Gasteiger charge is -2.61. The van der Waals surface area contributed by atoms with Crippen molar-refractivity contribution in [2.24, 2.45) is 17.3 Å². The molecule has 2 unspecified atom stereocenters. The molecular weight excluding hydrogens is 292 g/mol. The molecule has 2 atom stereocenters. The third kappa shape index (κ3) is 2.88. The van der Waals surface area contributed by atoms with Crippen LogP contribution in [0.2, 0.25) is 0 Å². The molecule has 0 spiro atoms. The Labute approximate surface area is 125 Å². The zero-order valence-corrected chi connectivity index (χ0v) is 13.1. The summed E-state index contributed by atoms with van der Waals surface area (Å²) in [5, 5.41) is 9.11. The summed E-state index contributed by atoms with van der Waals surface area (Å²) in [6.07, 6.45) is 6.85. The van der Waals surface area contributed by atoms with Gasteiger partial charge >= 0.3 is 5.97 Å². The first-order valence-corrected chi connectivity index (χ1v) is 9.24. The van der Waals surface area contributed by atoms with E-state index in [9.17, 15) is 13.2 Å². The standard InChI is InChI=1S/C15H22O5S/c1-10(13(16)17)4-14-5-11-3-12(6-14)8-15(7-11,9-14)20-21(2,18)19/h11-12H,1,3-9H2,2H3,(H,16,17). The first-order valence-electron chi connectivity index (χ1n) is 7.42. The Morgan fingerprint density at radius 1 is 1.29 bits per heavy atom. The van der Waals surface area contributed by atoms with E-state index in [4.69, 9.17) is 9.29 Å². The molecule has 4 saturated carbocycles. The van der Waals surface area contributed by atoms with Crippen molar-refractivity contribution in [3.63, 3.8) is 0 Å². The molecule has 0 amide bonds. The van der Waals surface area contributed by atoms with Crippen molar-refractivity contribution in [2.75, 3.05) is 6.26 Å². The molecule has 0 aromatic rings. The van der Waals surface area contributed by atoms with Crippen molar-refractivity contribution in [1.29, 1.82) is 0 Å². The second-order valence-corrected chi connectivity index (χ2v) is 9.09. The van der Waals surface area contributed by atoms with Gasteiger partial charge in [-0.1, -0.05) is 6.58 Å². The monoisotopic (exact) mass is 314 g/mol. The van der Waals surface area contributed by atoms with Gasteiger partial charge in [-0.2, -0.15) is 8.42 Å². The number of hydrogen-bond acceptors (Lipinski definition) is 4. The Bertz CT molecular complexity index is 577. The van der Waals surface area contributed by atoms with Gasteiger partial charge < -0.3 is 5.11 Å². The molecule has 0 saturated heterocycles. The minimum atomic E-state index is -3.50. The fourth-order valence-electron chi connectivity index (χ4n) is 5.52. The Morgan fingerprint density at radius 2 is 1.86 bits per heavy atom. The molecule has 118 valence electrons. The summed E-state index contributed by atoms with van der Waals surface area (Å²) in [7, 11) is -3.50. The van der Waals surface area contributed by atoms with Gasteiger partial charge in [0.25, 0.3) is 10.1 Å². The zero-order chi connectivity index (χ0) is 15.5. The van der Waals surface area contributed by atoms with Gasteiger partial charge in [-0.25, -0.2) is 4.79 Å². The quantitative estimate of drug-likeness (QED) is 0.622. The number of carboxylic acids is 1. The highest BCUT2D eigenvalue weighted by molar-refractivity contribution is 7.86. The Morgan fingerprint density at radius 3 is 2.33 bits per heavy atom. The summed E-state index contributed by atoms with van der Waals surface area (Å²) in [6, 6.07) is 0. The molecule has 0 aliphatic heterocycles. The molecule has 21 heavy (non-hydrogen) atoms. The van der Waals surface area contributed by atoms with Crippen LogP contribution in [0.4, 0.5) is 0 Å². The van der Waals surface area contributed by atoms with E-state index >= 15 is 0 Å². The van der Waals surface area contributed by atoms with Gasteiger partial charge in [0.15, 0.2) is 0 Å². The summed E-state index contributed by atoms with van der Waals surface area (Å²) >= 11 is 0. The predicted octanol–water partition coefficient (Wildman–Crippen LogP) is 2.33. The van der Waals surface area contributed by atoms with E-state index < -0.39 is 21.7 Å². The molecule has 4 aliphatic carbocycles. The van der Waals surface area contributed by atoms with Crippen LogP contribution in [0.3, 0.4) is 0 Å². The minimum Gasteiger partial charge on any atom is -0.478 e. The molecule has 0 aromatic carbocycles. The van der Waals surface area contributed by atoms with Gasteiger partial charge in [-0.3, -0.25) is 4.18 Å². The summed E-state index contributed by atoms with van der Waals surface area (Å²) < 4.78 is 28.7. The number of carbonyl (C=O) groups is 1. The predicted molar refractivity (Wildman–Crippen MR) is 77.2 cm³/mol. The lowest BCUT2D eigenvalue weighted by atomic mass is 9.47. The van der Waals surface area contributed by atoms with E-state index in [1.54, 1.807) is 0 Å². The molecule has 0 radical (unpaired) electrons. The topological polar surface area (TPSA) is 80.7 Å². The molecule has 4 rings (SSSR count). The summed E-state index contributed by atoms with van der Waals surface area (Å²) in [5.74, 6) is -0.0481. The van der Waals surface area contributed by atoms with Crippen molar-refractivity contribution in [1.82, 2.24) is 0 Å². The first-order chi connectivity index (χ1) is 9.61. The highest BCUT2D eigenvalue weighted by Crippen LogP contribution is 2.64. The van der Waals surface area contributed by atoms with E-state index in [2.05, 4.69) is 6.58 Å². The molecule has 4 bridgehead atoms. The minimum absolute atomic E-state index is 0.135. The summed E-state index contributed by atoms with van der Waals surface area (Å²) in [4.78, 5) is 11.1. The van der Waals surface area contributed by atoms with Gasteiger partial charge in [0.2, 0.25) is 0 Å². The molecule has 6 heteroatoms. The van der Waals surface area contributed by atoms with E-state index in [0.717, 1.165) is 38.4 Å². The maximum atomic E-state index is 11.6. The van der Waals surface area contributed by atoms with Crippen LogP contribution in [0.25, 0.3) is 0 Å². The highest BCUT2D eigenvalue weighted by atomic mass is 32.2. The van der Waals surface area contributed by atoms with Crippen LogP contribution in [0.5, 0.6) is 0 Å². The SMILES string of the molecule is C=C(CC12CC3CC(C1)CC(OS(C)(=O)=O)(C3)C2)C(=O)O. The van der Waals surface area contributed by atoms with Gasteiger partial charge in [0, 0.05) is 5.57 Å². The fourth-order valence-corrected chi connectivity index (χ4v) is 6.36. The highest BCUT2D eigenvalue weighted by Gasteiger charge is 2.59. The number of carboxylic acid groups (broad SMARTS) is 1. The van der Waals surface area contributed by atoms with Gasteiger partial charge in [-0.05, 0) is 62.2 Å². The Kier molecular flexibility index (Phi) is 3.26. The maximum absolute atomic E-state index is 11.6. The normalized spacial score (nSPS) is 41.2. The summed E-state index contributed by atoms with van der Waals surface area (Å²) in [6.45, 7) is 3.67. The van der Waals surface area contributed by atoms with Gasteiger partial charge in [-0.15, -0.1) is 0 Å². The number of rotatable bonds is 5. The molecular formula is C15H22O5S.